The van der Waals surface area contributed by atoms with E-state index in [0.717, 1.165) is 11.3 Å². The lowest BCUT2D eigenvalue weighted by atomic mass is 10.2. The highest BCUT2D eigenvalue weighted by molar-refractivity contribution is 7.99. The Morgan fingerprint density at radius 2 is 2.07 bits per heavy atom. The number of hydrogen-bond donors (Lipinski definition) is 1. The smallest absolute Gasteiger partial charge is 0.236 e. The summed E-state index contributed by atoms with van der Waals surface area (Å²) in [5.41, 5.74) is 1.87. The van der Waals surface area contributed by atoms with Crippen molar-refractivity contribution in [2.75, 3.05) is 11.1 Å². The fraction of sp³-hybridized carbons (Fsp3) is 0.158. The second-order valence-corrected chi connectivity index (χ2v) is 7.57. The van der Waals surface area contributed by atoms with Crippen LogP contribution in [0, 0.1) is 0 Å². The lowest BCUT2D eigenvalue weighted by molar-refractivity contribution is -0.113. The summed E-state index contributed by atoms with van der Waals surface area (Å²) >= 11 is 2.74. The number of thiazole rings is 1. The van der Waals surface area contributed by atoms with Gasteiger partial charge in [-0.25, -0.2) is 4.98 Å². The third-order valence-electron chi connectivity index (χ3n) is 3.93. The molecular formula is C19H17N5O2S2. The van der Waals surface area contributed by atoms with Crippen LogP contribution in [0.25, 0.3) is 22.8 Å². The molecule has 0 aliphatic rings. The van der Waals surface area contributed by atoms with Crippen molar-refractivity contribution in [1.29, 1.82) is 0 Å². The maximum atomic E-state index is 12.3. The van der Waals surface area contributed by atoms with E-state index >= 15 is 0 Å². The number of rotatable bonds is 7. The molecule has 9 heteroatoms. The number of benzene rings is 1. The van der Waals surface area contributed by atoms with E-state index in [1.165, 1.54) is 23.1 Å². The number of nitrogens with one attached hydrogen (secondary N) is 1. The monoisotopic (exact) mass is 411 g/mol. The summed E-state index contributed by atoms with van der Waals surface area (Å²) in [6.07, 6.45) is 1.60. The number of amides is 1. The van der Waals surface area contributed by atoms with Gasteiger partial charge < -0.3 is 9.73 Å². The summed E-state index contributed by atoms with van der Waals surface area (Å²) in [7, 11) is 0. The zero-order valence-electron chi connectivity index (χ0n) is 15.0. The van der Waals surface area contributed by atoms with Gasteiger partial charge in [-0.3, -0.25) is 9.36 Å². The van der Waals surface area contributed by atoms with E-state index in [0.29, 0.717) is 28.4 Å². The van der Waals surface area contributed by atoms with Crippen LogP contribution in [0.3, 0.4) is 0 Å². The minimum atomic E-state index is -0.135. The van der Waals surface area contributed by atoms with E-state index in [4.69, 9.17) is 4.42 Å². The number of thioether (sulfide) groups is 1. The molecule has 0 fully saturated rings. The van der Waals surface area contributed by atoms with Gasteiger partial charge in [0.1, 0.15) is 0 Å². The predicted octanol–water partition coefficient (Wildman–Crippen LogP) is 4.41. The molecule has 4 aromatic rings. The van der Waals surface area contributed by atoms with Crippen molar-refractivity contribution in [2.45, 2.75) is 18.6 Å². The molecule has 1 N–H and O–H groups in total. The second-order valence-electron chi connectivity index (χ2n) is 5.77. The number of nitrogens with zero attached hydrogens (tertiary/aromatic N) is 4. The van der Waals surface area contributed by atoms with Gasteiger partial charge in [-0.05, 0) is 19.1 Å². The zero-order valence-corrected chi connectivity index (χ0v) is 16.7. The van der Waals surface area contributed by atoms with E-state index in [2.05, 4.69) is 20.5 Å². The standard InChI is InChI=1S/C19H17N5O2S2/c1-2-24-17(15-9-6-10-26-15)22-23-19(24)28-12-16(25)21-18-20-14(11-27-18)13-7-4-3-5-8-13/h3-11H,2,12H2,1H3,(H,20,21,25). The normalized spacial score (nSPS) is 10.9. The van der Waals surface area contributed by atoms with Gasteiger partial charge in [0.05, 0.1) is 17.7 Å². The topological polar surface area (TPSA) is 85.8 Å². The molecule has 0 saturated carbocycles. The van der Waals surface area contributed by atoms with E-state index in [1.807, 2.05) is 59.3 Å². The molecule has 0 spiro atoms. The highest BCUT2D eigenvalue weighted by atomic mass is 32.2. The Hall–Kier alpha value is -2.91. The van der Waals surface area contributed by atoms with Gasteiger partial charge in [-0.2, -0.15) is 0 Å². The molecule has 4 rings (SSSR count). The number of furan rings is 1. The van der Waals surface area contributed by atoms with Crippen molar-refractivity contribution in [3.05, 3.63) is 54.1 Å². The van der Waals surface area contributed by atoms with Gasteiger partial charge in [0.25, 0.3) is 0 Å². The van der Waals surface area contributed by atoms with Crippen LogP contribution in [-0.2, 0) is 11.3 Å². The molecule has 0 saturated heterocycles. The SMILES string of the molecule is CCn1c(SCC(=O)Nc2nc(-c3ccccc3)cs2)nnc1-c1ccco1. The Morgan fingerprint density at radius 1 is 1.21 bits per heavy atom. The van der Waals surface area contributed by atoms with Gasteiger partial charge in [0, 0.05) is 17.5 Å². The second kappa shape index (κ2) is 8.41. The van der Waals surface area contributed by atoms with Crippen LogP contribution >= 0.6 is 23.1 Å². The van der Waals surface area contributed by atoms with Crippen molar-refractivity contribution in [3.63, 3.8) is 0 Å². The van der Waals surface area contributed by atoms with Crippen LogP contribution in [0.15, 0.2) is 63.7 Å². The number of carbonyl (C=O) groups excluding carboxylic acids is 1. The molecule has 0 aliphatic carbocycles. The molecule has 142 valence electrons. The van der Waals surface area contributed by atoms with Gasteiger partial charge in [0.15, 0.2) is 21.9 Å². The van der Waals surface area contributed by atoms with Gasteiger partial charge in [-0.1, -0.05) is 42.1 Å². The van der Waals surface area contributed by atoms with E-state index in [-0.39, 0.29) is 11.7 Å². The number of hydrogen-bond acceptors (Lipinski definition) is 7. The Balaban J connectivity index is 1.38. The van der Waals surface area contributed by atoms with Crippen LogP contribution < -0.4 is 5.32 Å². The fourth-order valence-corrected chi connectivity index (χ4v) is 4.16. The van der Waals surface area contributed by atoms with E-state index in [9.17, 15) is 4.79 Å². The Morgan fingerprint density at radius 3 is 2.82 bits per heavy atom. The minimum absolute atomic E-state index is 0.135. The molecule has 0 unspecified atom stereocenters. The lowest BCUT2D eigenvalue weighted by Crippen LogP contribution is -2.14. The summed E-state index contributed by atoms with van der Waals surface area (Å²) in [6, 6.07) is 13.5. The molecule has 0 bridgehead atoms. The van der Waals surface area contributed by atoms with Gasteiger partial charge >= 0.3 is 0 Å². The first-order valence-electron chi connectivity index (χ1n) is 8.65. The lowest BCUT2D eigenvalue weighted by Gasteiger charge is -2.05. The molecule has 3 heterocycles. The first-order valence-corrected chi connectivity index (χ1v) is 10.5. The minimum Gasteiger partial charge on any atom is -0.461 e. The molecule has 0 radical (unpaired) electrons. The van der Waals surface area contributed by atoms with Crippen LogP contribution in [-0.4, -0.2) is 31.4 Å². The first kappa shape index (κ1) is 18.5. The molecule has 7 nitrogen and oxygen atoms in total. The average molecular weight is 412 g/mol. The first-order chi connectivity index (χ1) is 13.7. The molecular weight excluding hydrogens is 394 g/mol. The van der Waals surface area contributed by atoms with Gasteiger partial charge in [0.2, 0.25) is 5.91 Å². The van der Waals surface area contributed by atoms with Crippen molar-refractivity contribution < 1.29 is 9.21 Å². The summed E-state index contributed by atoms with van der Waals surface area (Å²) < 4.78 is 7.32. The predicted molar refractivity (Wildman–Crippen MR) is 110 cm³/mol. The van der Waals surface area contributed by atoms with Crippen LogP contribution in [0.5, 0.6) is 0 Å². The largest absolute Gasteiger partial charge is 0.461 e. The summed E-state index contributed by atoms with van der Waals surface area (Å²) in [5.74, 6) is 1.39. The maximum absolute atomic E-state index is 12.3. The van der Waals surface area contributed by atoms with Crippen LogP contribution in [0.1, 0.15) is 6.92 Å². The van der Waals surface area contributed by atoms with E-state index < -0.39 is 0 Å². The van der Waals surface area contributed by atoms with Crippen molar-refractivity contribution >= 4 is 34.1 Å². The highest BCUT2D eigenvalue weighted by Crippen LogP contribution is 2.26. The van der Waals surface area contributed by atoms with Crippen molar-refractivity contribution in [3.8, 4) is 22.8 Å². The summed E-state index contributed by atoms with van der Waals surface area (Å²) in [4.78, 5) is 16.8. The highest BCUT2D eigenvalue weighted by Gasteiger charge is 2.16. The van der Waals surface area contributed by atoms with Crippen LogP contribution in [0.4, 0.5) is 5.13 Å². The number of aromatic nitrogens is 4. The number of carbonyl (C=O) groups is 1. The molecule has 3 aromatic heterocycles. The molecule has 1 aromatic carbocycles. The third-order valence-corrected chi connectivity index (χ3v) is 5.65. The molecule has 28 heavy (non-hydrogen) atoms. The van der Waals surface area contributed by atoms with E-state index in [1.54, 1.807) is 6.26 Å². The quantitative estimate of drug-likeness (QED) is 0.453. The Kier molecular flexibility index (Phi) is 5.54. The van der Waals surface area contributed by atoms with Crippen molar-refractivity contribution in [2.24, 2.45) is 0 Å². The molecule has 0 atom stereocenters. The molecule has 0 aliphatic heterocycles. The Bertz CT molecular complexity index is 1060. The average Bonchev–Trinajstić information content (AvgIpc) is 3.47. The third kappa shape index (κ3) is 4.00. The maximum Gasteiger partial charge on any atom is 0.236 e. The van der Waals surface area contributed by atoms with Crippen molar-refractivity contribution in [1.82, 2.24) is 19.7 Å². The number of anilines is 1. The summed E-state index contributed by atoms with van der Waals surface area (Å²) in [5, 5.41) is 14.4. The zero-order chi connectivity index (χ0) is 19.3. The van der Waals surface area contributed by atoms with Gasteiger partial charge in [-0.15, -0.1) is 21.5 Å². The fourth-order valence-electron chi connectivity index (χ4n) is 2.63. The Labute approximate surface area is 169 Å². The van der Waals surface area contributed by atoms with Crippen LogP contribution in [0.2, 0.25) is 0 Å². The molecule has 1 amide bonds. The summed E-state index contributed by atoms with van der Waals surface area (Å²) in [6.45, 7) is 2.68.